The monoisotopic (exact) mass is 454 g/mol. The quantitative estimate of drug-likeness (QED) is 0.532. The average Bonchev–Trinajstić information content (AvgIpc) is 2.83. The zero-order valence-corrected chi connectivity index (χ0v) is 19.5. The minimum Gasteiger partial charge on any atom is -0.493 e. The van der Waals surface area contributed by atoms with Crippen molar-refractivity contribution in [3.63, 3.8) is 0 Å². The summed E-state index contributed by atoms with van der Waals surface area (Å²) < 4.78 is 10.8. The minimum absolute atomic E-state index is 0.246. The third-order valence-corrected chi connectivity index (χ3v) is 6.10. The van der Waals surface area contributed by atoms with Crippen molar-refractivity contribution in [3.05, 3.63) is 59.2 Å². The third-order valence-electron chi connectivity index (χ3n) is 6.10. The Labute approximate surface area is 195 Å². The highest BCUT2D eigenvalue weighted by atomic mass is 16.5. The fraction of sp³-hybridized carbons (Fsp3) is 0.462. The first-order valence-corrected chi connectivity index (χ1v) is 11.7. The number of ether oxygens (including phenoxy) is 2. The molecule has 2 atom stereocenters. The average molecular weight is 455 g/mol. The smallest absolute Gasteiger partial charge is 0.341 e. The number of piperidine rings is 1. The summed E-state index contributed by atoms with van der Waals surface area (Å²) in [4.78, 5) is 27.4. The highest BCUT2D eigenvalue weighted by molar-refractivity contribution is 5.93. The van der Waals surface area contributed by atoms with Gasteiger partial charge in [0.2, 0.25) is 5.91 Å². The molecule has 1 aliphatic rings. The SMILES string of the molecule is CCOC(=O)c1ccc(C(C(N)=O)C(CO)c2ccccc2N2CCCCC2)cc1OCC. The number of amides is 1. The van der Waals surface area contributed by atoms with E-state index in [1.54, 1.807) is 25.1 Å². The van der Waals surface area contributed by atoms with E-state index in [1.165, 1.54) is 6.42 Å². The lowest BCUT2D eigenvalue weighted by molar-refractivity contribution is -0.120. The number of primary amides is 1. The van der Waals surface area contributed by atoms with Gasteiger partial charge in [-0.15, -0.1) is 0 Å². The molecular weight excluding hydrogens is 420 g/mol. The van der Waals surface area contributed by atoms with E-state index in [4.69, 9.17) is 15.2 Å². The number of hydrogen-bond donors (Lipinski definition) is 2. The summed E-state index contributed by atoms with van der Waals surface area (Å²) in [6, 6.07) is 12.8. The number of nitrogens with two attached hydrogens (primary N) is 1. The van der Waals surface area contributed by atoms with Crippen molar-refractivity contribution in [1.29, 1.82) is 0 Å². The van der Waals surface area contributed by atoms with Crippen LogP contribution in [-0.2, 0) is 9.53 Å². The highest BCUT2D eigenvalue weighted by Crippen LogP contribution is 2.39. The molecule has 0 aromatic heterocycles. The summed E-state index contributed by atoms with van der Waals surface area (Å²) in [6.07, 6.45) is 3.44. The Kier molecular flexibility index (Phi) is 8.72. The number of anilines is 1. The first-order valence-electron chi connectivity index (χ1n) is 11.7. The zero-order valence-electron chi connectivity index (χ0n) is 19.5. The highest BCUT2D eigenvalue weighted by Gasteiger charge is 2.33. The number of aliphatic hydroxyl groups is 1. The van der Waals surface area contributed by atoms with Crippen molar-refractivity contribution in [2.24, 2.45) is 5.73 Å². The molecule has 2 unspecified atom stereocenters. The predicted molar refractivity (Wildman–Crippen MR) is 128 cm³/mol. The molecule has 0 bridgehead atoms. The number of nitrogens with zero attached hydrogens (tertiary/aromatic N) is 1. The predicted octanol–water partition coefficient (Wildman–Crippen LogP) is 3.60. The summed E-state index contributed by atoms with van der Waals surface area (Å²) >= 11 is 0. The second-order valence-corrected chi connectivity index (χ2v) is 8.18. The van der Waals surface area contributed by atoms with Crippen LogP contribution < -0.4 is 15.4 Å². The first kappa shape index (κ1) is 24.6. The normalized spacial score (nSPS) is 15.5. The number of carbonyl (C=O) groups excluding carboxylic acids is 2. The van der Waals surface area contributed by atoms with Crippen LogP contribution in [0.1, 0.15) is 66.4 Å². The molecular formula is C26H34N2O5. The van der Waals surface area contributed by atoms with Gasteiger partial charge in [0.1, 0.15) is 11.3 Å². The van der Waals surface area contributed by atoms with Gasteiger partial charge in [-0.25, -0.2) is 4.79 Å². The van der Waals surface area contributed by atoms with Gasteiger partial charge in [0.05, 0.1) is 25.7 Å². The molecule has 7 nitrogen and oxygen atoms in total. The van der Waals surface area contributed by atoms with Crippen LogP contribution >= 0.6 is 0 Å². The lowest BCUT2D eigenvalue weighted by Gasteiger charge is -2.34. The maximum Gasteiger partial charge on any atom is 0.341 e. The second-order valence-electron chi connectivity index (χ2n) is 8.18. The fourth-order valence-electron chi connectivity index (χ4n) is 4.59. The van der Waals surface area contributed by atoms with Gasteiger partial charge < -0.3 is 25.2 Å². The van der Waals surface area contributed by atoms with Crippen LogP contribution in [0.3, 0.4) is 0 Å². The summed E-state index contributed by atoms with van der Waals surface area (Å²) in [5.74, 6) is -2.04. The Balaban J connectivity index is 2.04. The van der Waals surface area contributed by atoms with Crippen LogP contribution in [0.4, 0.5) is 5.69 Å². The molecule has 3 N–H and O–H groups in total. The van der Waals surface area contributed by atoms with Gasteiger partial charge >= 0.3 is 5.97 Å². The van der Waals surface area contributed by atoms with Crippen LogP contribution in [0, 0.1) is 0 Å². The van der Waals surface area contributed by atoms with Gasteiger partial charge in [0.15, 0.2) is 0 Å². The van der Waals surface area contributed by atoms with E-state index >= 15 is 0 Å². The van der Waals surface area contributed by atoms with Gasteiger partial charge in [-0.1, -0.05) is 24.3 Å². The first-order chi connectivity index (χ1) is 16.0. The molecule has 0 saturated carbocycles. The Morgan fingerprint density at radius 3 is 2.42 bits per heavy atom. The molecule has 33 heavy (non-hydrogen) atoms. The van der Waals surface area contributed by atoms with E-state index in [2.05, 4.69) is 4.90 Å². The fourth-order valence-corrected chi connectivity index (χ4v) is 4.59. The Morgan fingerprint density at radius 1 is 1.06 bits per heavy atom. The van der Waals surface area contributed by atoms with Crippen LogP contribution in [0.2, 0.25) is 0 Å². The lowest BCUT2D eigenvalue weighted by atomic mass is 9.80. The summed E-state index contributed by atoms with van der Waals surface area (Å²) in [5, 5.41) is 10.4. The molecule has 1 saturated heterocycles. The molecule has 1 heterocycles. The maximum atomic E-state index is 12.7. The van der Waals surface area contributed by atoms with Crippen molar-refractivity contribution in [2.75, 3.05) is 37.8 Å². The number of benzene rings is 2. The number of hydrogen-bond acceptors (Lipinski definition) is 6. The molecule has 2 aromatic rings. The zero-order chi connectivity index (χ0) is 23.8. The summed E-state index contributed by atoms with van der Waals surface area (Å²) in [7, 11) is 0. The molecule has 0 spiro atoms. The Morgan fingerprint density at radius 2 is 1.79 bits per heavy atom. The molecule has 0 aliphatic carbocycles. The van der Waals surface area contributed by atoms with E-state index < -0.39 is 23.7 Å². The largest absolute Gasteiger partial charge is 0.493 e. The second kappa shape index (κ2) is 11.7. The molecule has 1 aliphatic heterocycles. The summed E-state index contributed by atoms with van der Waals surface area (Å²) in [5.41, 5.74) is 8.68. The van der Waals surface area contributed by atoms with Gasteiger partial charge in [-0.3, -0.25) is 4.79 Å². The Hall–Kier alpha value is -3.06. The van der Waals surface area contributed by atoms with E-state index in [-0.39, 0.29) is 13.2 Å². The number of rotatable bonds is 10. The van der Waals surface area contributed by atoms with E-state index in [0.717, 1.165) is 37.2 Å². The van der Waals surface area contributed by atoms with Crippen molar-refractivity contribution in [2.45, 2.75) is 44.9 Å². The molecule has 7 heteroatoms. The Bertz CT molecular complexity index is 955. The third kappa shape index (κ3) is 5.66. The number of esters is 1. The van der Waals surface area contributed by atoms with Crippen molar-refractivity contribution >= 4 is 17.6 Å². The molecule has 3 rings (SSSR count). The van der Waals surface area contributed by atoms with E-state index in [1.807, 2.05) is 31.2 Å². The van der Waals surface area contributed by atoms with Crippen LogP contribution in [-0.4, -0.2) is 49.9 Å². The standard InChI is InChI=1S/C26H34N2O5/c1-3-32-23-16-18(12-13-20(23)26(31)33-4-2)24(25(27)30)21(17-29)19-10-6-7-11-22(19)28-14-8-5-9-15-28/h6-7,10-13,16,21,24,29H,3-5,8-9,14-15,17H2,1-2H3,(H2,27,30). The van der Waals surface area contributed by atoms with E-state index in [9.17, 15) is 14.7 Å². The molecule has 1 amide bonds. The molecule has 1 fully saturated rings. The lowest BCUT2D eigenvalue weighted by Crippen LogP contribution is -2.33. The minimum atomic E-state index is -0.795. The molecule has 2 aromatic carbocycles. The van der Waals surface area contributed by atoms with Gasteiger partial charge in [0, 0.05) is 24.7 Å². The molecule has 0 radical (unpaired) electrons. The number of carbonyl (C=O) groups is 2. The van der Waals surface area contributed by atoms with Gasteiger partial charge in [-0.2, -0.15) is 0 Å². The van der Waals surface area contributed by atoms with Crippen LogP contribution in [0.25, 0.3) is 0 Å². The van der Waals surface area contributed by atoms with Crippen molar-refractivity contribution in [1.82, 2.24) is 0 Å². The maximum absolute atomic E-state index is 12.7. The van der Waals surface area contributed by atoms with Crippen molar-refractivity contribution in [3.8, 4) is 5.75 Å². The summed E-state index contributed by atoms with van der Waals surface area (Å²) in [6.45, 7) is 5.79. The van der Waals surface area contributed by atoms with Crippen LogP contribution in [0.5, 0.6) is 5.75 Å². The van der Waals surface area contributed by atoms with Crippen molar-refractivity contribution < 1.29 is 24.2 Å². The topological polar surface area (TPSA) is 102 Å². The van der Waals surface area contributed by atoms with Crippen LogP contribution in [0.15, 0.2) is 42.5 Å². The number of para-hydroxylation sites is 1. The van der Waals surface area contributed by atoms with Gasteiger partial charge in [0.25, 0.3) is 0 Å². The van der Waals surface area contributed by atoms with Gasteiger partial charge in [-0.05, 0) is 62.4 Å². The van der Waals surface area contributed by atoms with E-state index in [0.29, 0.717) is 23.5 Å². The number of aliphatic hydroxyl groups excluding tert-OH is 1. The molecule has 178 valence electrons.